The highest BCUT2D eigenvalue weighted by Gasteiger charge is 2.23. The number of aromatic nitrogens is 1. The SMILES string of the molecule is C[C@H](OC(=O)Cc1cc(Cl)c2c(c1)OCCCO2)C(=O)c1c[nH]c2ccccc12. The van der Waals surface area contributed by atoms with E-state index >= 15 is 0 Å². The summed E-state index contributed by atoms with van der Waals surface area (Å²) in [6.45, 7) is 2.62. The van der Waals surface area contributed by atoms with Crippen LogP contribution in [0.25, 0.3) is 10.9 Å². The first-order valence-corrected chi connectivity index (χ1v) is 9.78. The lowest BCUT2D eigenvalue weighted by atomic mass is 10.1. The molecule has 3 aromatic rings. The molecule has 0 saturated carbocycles. The first kappa shape index (κ1) is 19.3. The quantitative estimate of drug-likeness (QED) is 0.497. The van der Waals surface area contributed by atoms with E-state index in [2.05, 4.69) is 4.98 Å². The van der Waals surface area contributed by atoms with Crippen LogP contribution in [0.5, 0.6) is 11.5 Å². The highest BCUT2D eigenvalue weighted by molar-refractivity contribution is 6.32. The number of Topliss-reactive ketones (excluding diaryl/α,β-unsaturated/α-hetero) is 1. The third-order valence-electron chi connectivity index (χ3n) is 4.74. The minimum absolute atomic E-state index is 0.0259. The van der Waals surface area contributed by atoms with Crippen LogP contribution in [0, 0.1) is 0 Å². The van der Waals surface area contributed by atoms with Gasteiger partial charge in [0.15, 0.2) is 17.6 Å². The Kier molecular flexibility index (Phi) is 5.45. The highest BCUT2D eigenvalue weighted by atomic mass is 35.5. The van der Waals surface area contributed by atoms with E-state index in [0.717, 1.165) is 17.3 Å². The first-order chi connectivity index (χ1) is 14.0. The Morgan fingerprint density at radius 2 is 2.00 bits per heavy atom. The van der Waals surface area contributed by atoms with Crippen LogP contribution >= 0.6 is 11.6 Å². The van der Waals surface area contributed by atoms with Gasteiger partial charge in [-0.2, -0.15) is 0 Å². The Morgan fingerprint density at radius 1 is 1.21 bits per heavy atom. The molecular weight excluding hydrogens is 394 g/mol. The Bertz CT molecular complexity index is 1070. The molecule has 1 aliphatic heterocycles. The second-order valence-electron chi connectivity index (χ2n) is 6.88. The maximum absolute atomic E-state index is 12.7. The number of hydrogen-bond donors (Lipinski definition) is 1. The number of rotatable bonds is 5. The number of ether oxygens (including phenoxy) is 3. The minimum atomic E-state index is -0.905. The topological polar surface area (TPSA) is 77.6 Å². The van der Waals surface area contributed by atoms with Gasteiger partial charge < -0.3 is 19.2 Å². The summed E-state index contributed by atoms with van der Waals surface area (Å²) in [5.41, 5.74) is 1.99. The van der Waals surface area contributed by atoms with Gasteiger partial charge in [0.2, 0.25) is 5.78 Å². The Labute approximate surface area is 172 Å². The average molecular weight is 414 g/mol. The molecule has 0 saturated heterocycles. The van der Waals surface area contributed by atoms with Crippen molar-refractivity contribution in [2.24, 2.45) is 0 Å². The second kappa shape index (κ2) is 8.17. The van der Waals surface area contributed by atoms with Gasteiger partial charge >= 0.3 is 5.97 Å². The summed E-state index contributed by atoms with van der Waals surface area (Å²) in [5, 5.41) is 1.19. The molecule has 29 heavy (non-hydrogen) atoms. The first-order valence-electron chi connectivity index (χ1n) is 9.41. The number of benzene rings is 2. The zero-order valence-corrected chi connectivity index (χ0v) is 16.6. The van der Waals surface area contributed by atoms with Gasteiger partial charge in [0.25, 0.3) is 0 Å². The van der Waals surface area contributed by atoms with Gasteiger partial charge in [-0.1, -0.05) is 29.8 Å². The molecule has 0 fully saturated rings. The molecule has 0 bridgehead atoms. The summed E-state index contributed by atoms with van der Waals surface area (Å²) in [6, 6.07) is 10.9. The van der Waals surface area contributed by atoms with Crippen molar-refractivity contribution in [3.05, 3.63) is 58.7 Å². The number of aromatic amines is 1. The maximum atomic E-state index is 12.7. The van der Waals surface area contributed by atoms with Crippen molar-refractivity contribution in [1.29, 1.82) is 0 Å². The summed E-state index contributed by atoms with van der Waals surface area (Å²) < 4.78 is 16.6. The Morgan fingerprint density at radius 3 is 2.86 bits per heavy atom. The van der Waals surface area contributed by atoms with E-state index in [9.17, 15) is 9.59 Å². The smallest absolute Gasteiger partial charge is 0.310 e. The van der Waals surface area contributed by atoms with Crippen LogP contribution in [0.3, 0.4) is 0 Å². The van der Waals surface area contributed by atoms with Crippen LogP contribution in [-0.4, -0.2) is 36.1 Å². The lowest BCUT2D eigenvalue weighted by Crippen LogP contribution is -2.25. The molecule has 2 aromatic carbocycles. The molecule has 0 radical (unpaired) electrons. The largest absolute Gasteiger partial charge is 0.489 e. The molecule has 4 rings (SSSR count). The van der Waals surface area contributed by atoms with Crippen LogP contribution in [0.15, 0.2) is 42.6 Å². The fourth-order valence-corrected chi connectivity index (χ4v) is 3.63. The van der Waals surface area contributed by atoms with Gasteiger partial charge in [-0.05, 0) is 30.7 Å². The zero-order valence-electron chi connectivity index (χ0n) is 15.9. The maximum Gasteiger partial charge on any atom is 0.310 e. The standard InChI is InChI=1S/C22H20ClNO5/c1-13(21(26)16-12-24-18-6-3-2-5-15(16)18)29-20(25)11-14-9-17(23)22-19(10-14)27-7-4-8-28-22/h2-3,5-6,9-10,12-13,24H,4,7-8,11H2,1H3/t13-/m0/s1. The molecule has 6 nitrogen and oxygen atoms in total. The number of carbonyl (C=O) groups excluding carboxylic acids is 2. The normalized spacial score (nSPS) is 14.3. The predicted octanol–water partition coefficient (Wildman–Crippen LogP) is 4.34. The van der Waals surface area contributed by atoms with E-state index in [-0.39, 0.29) is 12.2 Å². The molecule has 1 N–H and O–H groups in total. The molecule has 1 aliphatic rings. The number of H-pyrrole nitrogens is 1. The van der Waals surface area contributed by atoms with Crippen LogP contribution in [0.2, 0.25) is 5.02 Å². The van der Waals surface area contributed by atoms with Crippen LogP contribution in [0.1, 0.15) is 29.3 Å². The van der Waals surface area contributed by atoms with Crippen molar-refractivity contribution in [1.82, 2.24) is 4.98 Å². The van der Waals surface area contributed by atoms with E-state index in [1.54, 1.807) is 25.3 Å². The number of para-hydroxylation sites is 1. The molecule has 1 aromatic heterocycles. The molecule has 0 aliphatic carbocycles. The number of nitrogens with one attached hydrogen (secondary N) is 1. The monoisotopic (exact) mass is 413 g/mol. The molecule has 0 amide bonds. The Balaban J connectivity index is 1.45. The van der Waals surface area contributed by atoms with Crippen LogP contribution in [-0.2, 0) is 16.0 Å². The average Bonchev–Trinajstić information content (AvgIpc) is 2.98. The number of carbonyl (C=O) groups is 2. The van der Waals surface area contributed by atoms with E-state index in [4.69, 9.17) is 25.8 Å². The van der Waals surface area contributed by atoms with E-state index in [1.807, 2.05) is 24.3 Å². The van der Waals surface area contributed by atoms with E-state index in [1.165, 1.54) is 0 Å². The third-order valence-corrected chi connectivity index (χ3v) is 5.02. The van der Waals surface area contributed by atoms with Gasteiger partial charge in [0.05, 0.1) is 24.7 Å². The van der Waals surface area contributed by atoms with Crippen molar-refractivity contribution < 1.29 is 23.8 Å². The van der Waals surface area contributed by atoms with Crippen LogP contribution < -0.4 is 9.47 Å². The predicted molar refractivity (Wildman–Crippen MR) is 109 cm³/mol. The summed E-state index contributed by atoms with van der Waals surface area (Å²) in [5.74, 6) is 0.230. The third kappa shape index (κ3) is 4.07. The van der Waals surface area contributed by atoms with Gasteiger partial charge in [-0.25, -0.2) is 0 Å². The van der Waals surface area contributed by atoms with Crippen molar-refractivity contribution in [2.75, 3.05) is 13.2 Å². The van der Waals surface area contributed by atoms with Crippen molar-refractivity contribution in [3.8, 4) is 11.5 Å². The molecule has 1 atom stereocenters. The molecule has 7 heteroatoms. The summed E-state index contributed by atoms with van der Waals surface area (Å²) in [7, 11) is 0. The molecule has 0 unspecified atom stereocenters. The highest BCUT2D eigenvalue weighted by Crippen LogP contribution is 2.38. The Hall–Kier alpha value is -2.99. The summed E-state index contributed by atoms with van der Waals surface area (Å²) in [6.07, 6.45) is 1.47. The van der Waals surface area contributed by atoms with Gasteiger partial charge in [0, 0.05) is 29.1 Å². The second-order valence-corrected chi connectivity index (χ2v) is 7.28. The van der Waals surface area contributed by atoms with Crippen molar-refractivity contribution in [2.45, 2.75) is 25.9 Å². The summed E-state index contributed by atoms with van der Waals surface area (Å²) in [4.78, 5) is 28.2. The fourth-order valence-electron chi connectivity index (χ4n) is 3.34. The number of halogens is 1. The fraction of sp³-hybridized carbons (Fsp3) is 0.273. The van der Waals surface area contributed by atoms with Gasteiger partial charge in [-0.3, -0.25) is 9.59 Å². The number of hydrogen-bond acceptors (Lipinski definition) is 5. The van der Waals surface area contributed by atoms with E-state index < -0.39 is 12.1 Å². The molecule has 150 valence electrons. The van der Waals surface area contributed by atoms with Crippen LogP contribution in [0.4, 0.5) is 0 Å². The lowest BCUT2D eigenvalue weighted by molar-refractivity contribution is -0.145. The lowest BCUT2D eigenvalue weighted by Gasteiger charge is -2.14. The van der Waals surface area contributed by atoms with Gasteiger partial charge in [-0.15, -0.1) is 0 Å². The number of fused-ring (bicyclic) bond motifs is 2. The molecule has 2 heterocycles. The number of esters is 1. The molecular formula is C22H20ClNO5. The minimum Gasteiger partial charge on any atom is -0.489 e. The van der Waals surface area contributed by atoms with Crippen molar-refractivity contribution >= 4 is 34.3 Å². The summed E-state index contributed by atoms with van der Waals surface area (Å²) >= 11 is 6.27. The zero-order chi connectivity index (χ0) is 20.4. The van der Waals surface area contributed by atoms with Gasteiger partial charge in [0.1, 0.15) is 0 Å². The van der Waals surface area contributed by atoms with Crippen molar-refractivity contribution in [3.63, 3.8) is 0 Å². The molecule has 0 spiro atoms. The van der Waals surface area contributed by atoms with E-state index in [0.29, 0.717) is 40.9 Å². The number of ketones is 1.